The van der Waals surface area contributed by atoms with E-state index in [9.17, 15) is 0 Å². The van der Waals surface area contributed by atoms with Crippen molar-refractivity contribution < 1.29 is 5.11 Å². The van der Waals surface area contributed by atoms with Crippen LogP contribution in [0.4, 0.5) is 0 Å². The highest BCUT2D eigenvalue weighted by atomic mass is 35.5. The summed E-state index contributed by atoms with van der Waals surface area (Å²) in [5.41, 5.74) is 6.65. The summed E-state index contributed by atoms with van der Waals surface area (Å²) in [7, 11) is 0. The van der Waals surface area contributed by atoms with Gasteiger partial charge in [-0.15, -0.1) is 11.3 Å². The van der Waals surface area contributed by atoms with Gasteiger partial charge in [0, 0.05) is 12.6 Å². The Labute approximate surface area is 74.6 Å². The Morgan fingerprint density at radius 3 is 2.91 bits per heavy atom. The molecule has 0 unspecified atom stereocenters. The van der Waals surface area contributed by atoms with Gasteiger partial charge >= 0.3 is 0 Å². The quantitative estimate of drug-likeness (QED) is 0.765. The van der Waals surface area contributed by atoms with Crippen LogP contribution in [0.25, 0.3) is 0 Å². The number of halogens is 1. The Bertz CT molecular complexity index is 226. The SMILES string of the molecule is N[C@@H](CCO)c1ccsc1Cl. The highest BCUT2D eigenvalue weighted by molar-refractivity contribution is 7.14. The van der Waals surface area contributed by atoms with Crippen LogP contribution >= 0.6 is 22.9 Å². The summed E-state index contributed by atoms with van der Waals surface area (Å²) in [6.07, 6.45) is 0.566. The molecule has 0 saturated heterocycles. The molecule has 1 heterocycles. The Morgan fingerprint density at radius 2 is 2.45 bits per heavy atom. The first-order valence-electron chi connectivity index (χ1n) is 3.35. The van der Waals surface area contributed by atoms with Crippen molar-refractivity contribution in [1.82, 2.24) is 0 Å². The summed E-state index contributed by atoms with van der Waals surface area (Å²) in [6.45, 7) is 0.105. The average molecular weight is 192 g/mol. The maximum atomic E-state index is 8.61. The van der Waals surface area contributed by atoms with Crippen LogP contribution in [0.15, 0.2) is 11.4 Å². The fourth-order valence-corrected chi connectivity index (χ4v) is 1.91. The molecular formula is C7H10ClNOS. The molecule has 0 aliphatic carbocycles. The number of rotatable bonds is 3. The molecule has 1 aromatic rings. The molecule has 0 amide bonds. The molecule has 11 heavy (non-hydrogen) atoms. The molecule has 62 valence electrons. The second-order valence-corrected chi connectivity index (χ2v) is 3.79. The van der Waals surface area contributed by atoms with Crippen molar-refractivity contribution >= 4 is 22.9 Å². The Morgan fingerprint density at radius 1 is 1.73 bits per heavy atom. The largest absolute Gasteiger partial charge is 0.396 e. The van der Waals surface area contributed by atoms with Gasteiger partial charge in [-0.05, 0) is 23.4 Å². The molecular weight excluding hydrogens is 182 g/mol. The second-order valence-electron chi connectivity index (χ2n) is 2.27. The van der Waals surface area contributed by atoms with Crippen LogP contribution < -0.4 is 5.73 Å². The van der Waals surface area contributed by atoms with Crippen molar-refractivity contribution in [1.29, 1.82) is 0 Å². The number of aliphatic hydroxyl groups excluding tert-OH is 1. The predicted molar refractivity (Wildman–Crippen MR) is 48.0 cm³/mol. The summed E-state index contributed by atoms with van der Waals surface area (Å²) in [4.78, 5) is 0. The zero-order chi connectivity index (χ0) is 8.27. The highest BCUT2D eigenvalue weighted by Gasteiger charge is 2.09. The van der Waals surface area contributed by atoms with E-state index in [1.165, 1.54) is 11.3 Å². The van der Waals surface area contributed by atoms with Gasteiger partial charge in [-0.2, -0.15) is 0 Å². The van der Waals surface area contributed by atoms with Gasteiger partial charge in [0.15, 0.2) is 0 Å². The molecule has 0 saturated carbocycles. The van der Waals surface area contributed by atoms with Gasteiger partial charge < -0.3 is 10.8 Å². The topological polar surface area (TPSA) is 46.2 Å². The average Bonchev–Trinajstić information content (AvgIpc) is 2.36. The van der Waals surface area contributed by atoms with Crippen LogP contribution in [-0.4, -0.2) is 11.7 Å². The lowest BCUT2D eigenvalue weighted by atomic mass is 10.1. The molecule has 0 aliphatic heterocycles. The lowest BCUT2D eigenvalue weighted by Gasteiger charge is -2.07. The molecule has 4 heteroatoms. The minimum Gasteiger partial charge on any atom is -0.396 e. The van der Waals surface area contributed by atoms with E-state index in [0.717, 1.165) is 9.90 Å². The maximum Gasteiger partial charge on any atom is 0.0976 e. The number of hydrogen-bond acceptors (Lipinski definition) is 3. The van der Waals surface area contributed by atoms with E-state index in [1.54, 1.807) is 0 Å². The lowest BCUT2D eigenvalue weighted by molar-refractivity contribution is 0.276. The summed E-state index contributed by atoms with van der Waals surface area (Å²) in [5, 5.41) is 10.5. The first-order valence-corrected chi connectivity index (χ1v) is 4.60. The third-order valence-corrected chi connectivity index (χ3v) is 2.69. The minimum atomic E-state index is -0.126. The zero-order valence-electron chi connectivity index (χ0n) is 5.96. The Hall–Kier alpha value is -0.0900. The van der Waals surface area contributed by atoms with E-state index in [1.807, 2.05) is 11.4 Å². The van der Waals surface area contributed by atoms with Crippen molar-refractivity contribution in [3.05, 3.63) is 21.3 Å². The van der Waals surface area contributed by atoms with E-state index < -0.39 is 0 Å². The maximum absolute atomic E-state index is 8.61. The highest BCUT2D eigenvalue weighted by Crippen LogP contribution is 2.28. The zero-order valence-corrected chi connectivity index (χ0v) is 7.53. The van der Waals surface area contributed by atoms with Gasteiger partial charge in [-0.1, -0.05) is 11.6 Å². The fourth-order valence-electron chi connectivity index (χ4n) is 0.865. The predicted octanol–water partition coefficient (Wildman–Crippen LogP) is 1.78. The van der Waals surface area contributed by atoms with Crippen LogP contribution in [0, 0.1) is 0 Å². The third-order valence-electron chi connectivity index (χ3n) is 1.49. The van der Waals surface area contributed by atoms with Crippen molar-refractivity contribution in [3.63, 3.8) is 0 Å². The van der Waals surface area contributed by atoms with Gasteiger partial charge in [0.1, 0.15) is 0 Å². The van der Waals surface area contributed by atoms with Gasteiger partial charge in [-0.25, -0.2) is 0 Å². The van der Waals surface area contributed by atoms with E-state index in [0.29, 0.717) is 6.42 Å². The summed E-state index contributed by atoms with van der Waals surface area (Å²) >= 11 is 7.29. The van der Waals surface area contributed by atoms with Crippen molar-refractivity contribution in [2.45, 2.75) is 12.5 Å². The fraction of sp³-hybridized carbons (Fsp3) is 0.429. The Balaban J connectivity index is 2.67. The van der Waals surface area contributed by atoms with E-state index >= 15 is 0 Å². The molecule has 2 nitrogen and oxygen atoms in total. The van der Waals surface area contributed by atoms with Crippen molar-refractivity contribution in [2.75, 3.05) is 6.61 Å². The lowest BCUT2D eigenvalue weighted by Crippen LogP contribution is -2.11. The smallest absolute Gasteiger partial charge is 0.0976 e. The first kappa shape index (κ1) is 9.00. The number of nitrogens with two attached hydrogens (primary N) is 1. The molecule has 1 atom stereocenters. The monoisotopic (exact) mass is 191 g/mol. The number of thiophene rings is 1. The van der Waals surface area contributed by atoms with E-state index in [2.05, 4.69) is 0 Å². The van der Waals surface area contributed by atoms with Crippen LogP contribution in [-0.2, 0) is 0 Å². The molecule has 1 rings (SSSR count). The normalized spacial score (nSPS) is 13.4. The number of hydrogen-bond donors (Lipinski definition) is 2. The molecule has 0 spiro atoms. The van der Waals surface area contributed by atoms with Crippen molar-refractivity contribution in [3.8, 4) is 0 Å². The van der Waals surface area contributed by atoms with Gasteiger partial charge in [0.2, 0.25) is 0 Å². The second kappa shape index (κ2) is 4.07. The number of aliphatic hydroxyl groups is 1. The third kappa shape index (κ3) is 2.17. The van der Waals surface area contributed by atoms with Crippen LogP contribution in [0.1, 0.15) is 18.0 Å². The first-order chi connectivity index (χ1) is 5.25. The van der Waals surface area contributed by atoms with Gasteiger partial charge in [0.05, 0.1) is 4.34 Å². The molecule has 0 radical (unpaired) electrons. The van der Waals surface area contributed by atoms with Crippen LogP contribution in [0.5, 0.6) is 0 Å². The summed E-state index contributed by atoms with van der Waals surface area (Å²) < 4.78 is 0.728. The minimum absolute atomic E-state index is 0.105. The van der Waals surface area contributed by atoms with Gasteiger partial charge in [-0.3, -0.25) is 0 Å². The van der Waals surface area contributed by atoms with E-state index in [-0.39, 0.29) is 12.6 Å². The molecule has 0 aromatic carbocycles. The molecule has 0 aliphatic rings. The summed E-state index contributed by atoms with van der Waals surface area (Å²) in [5.74, 6) is 0. The molecule has 0 bridgehead atoms. The molecule has 3 N–H and O–H groups in total. The van der Waals surface area contributed by atoms with Crippen LogP contribution in [0.3, 0.4) is 0 Å². The molecule has 0 fully saturated rings. The standard InChI is InChI=1S/C7H10ClNOS/c8-7-5(2-4-11-7)6(9)1-3-10/h2,4,6,10H,1,3,9H2/t6-/m0/s1. The van der Waals surface area contributed by atoms with Crippen molar-refractivity contribution in [2.24, 2.45) is 5.73 Å². The van der Waals surface area contributed by atoms with E-state index in [4.69, 9.17) is 22.4 Å². The van der Waals surface area contributed by atoms with Crippen LogP contribution in [0.2, 0.25) is 4.34 Å². The summed E-state index contributed by atoms with van der Waals surface area (Å²) in [6, 6.07) is 1.77. The Kier molecular flexibility index (Phi) is 3.33. The molecule has 1 aromatic heterocycles. The van der Waals surface area contributed by atoms with Gasteiger partial charge in [0.25, 0.3) is 0 Å².